The summed E-state index contributed by atoms with van der Waals surface area (Å²) in [5.74, 6) is 0.0735. The zero-order chi connectivity index (χ0) is 16.7. The lowest BCUT2D eigenvalue weighted by molar-refractivity contribution is -0.122. The quantitative estimate of drug-likeness (QED) is 0.816. The maximum Gasteiger partial charge on any atom is 0.238 e. The molecule has 124 valence electrons. The van der Waals surface area contributed by atoms with Crippen molar-refractivity contribution in [3.05, 3.63) is 47.7 Å². The lowest BCUT2D eigenvalue weighted by Gasteiger charge is -2.19. The Kier molecular flexibility index (Phi) is 3.71. The van der Waals surface area contributed by atoms with Gasteiger partial charge in [0.1, 0.15) is 0 Å². The second-order valence-electron chi connectivity index (χ2n) is 6.87. The van der Waals surface area contributed by atoms with E-state index in [1.807, 2.05) is 12.3 Å². The minimum Gasteiger partial charge on any atom is -0.274 e. The molecular weight excluding hydrogens is 302 g/mol. The minimum atomic E-state index is -0.131. The molecule has 5 nitrogen and oxygen atoms in total. The summed E-state index contributed by atoms with van der Waals surface area (Å²) in [4.78, 5) is 26.6. The number of anilines is 1. The molecule has 2 amide bonds. The Labute approximate surface area is 141 Å². The van der Waals surface area contributed by atoms with Crippen molar-refractivity contribution >= 4 is 17.6 Å². The summed E-state index contributed by atoms with van der Waals surface area (Å²) in [6, 6.07) is 10.0. The van der Waals surface area contributed by atoms with E-state index in [1.54, 1.807) is 10.7 Å². The molecule has 0 spiro atoms. The van der Waals surface area contributed by atoms with Crippen molar-refractivity contribution in [2.75, 3.05) is 4.90 Å². The van der Waals surface area contributed by atoms with E-state index in [0.29, 0.717) is 12.4 Å². The van der Waals surface area contributed by atoms with Crippen molar-refractivity contribution in [1.29, 1.82) is 0 Å². The van der Waals surface area contributed by atoms with Crippen LogP contribution in [0.2, 0.25) is 0 Å². The van der Waals surface area contributed by atoms with Gasteiger partial charge < -0.3 is 0 Å². The van der Waals surface area contributed by atoms with Crippen LogP contribution in [0.3, 0.4) is 0 Å². The Balaban J connectivity index is 1.56. The van der Waals surface area contributed by atoms with E-state index in [2.05, 4.69) is 30.2 Å². The molecule has 1 aromatic heterocycles. The van der Waals surface area contributed by atoms with Crippen molar-refractivity contribution in [2.24, 2.45) is 11.8 Å². The molecule has 2 atom stereocenters. The predicted octanol–water partition coefficient (Wildman–Crippen LogP) is 2.92. The smallest absolute Gasteiger partial charge is 0.238 e. The highest BCUT2D eigenvalue weighted by Gasteiger charge is 2.49. The Morgan fingerprint density at radius 3 is 2.46 bits per heavy atom. The Morgan fingerprint density at radius 2 is 1.79 bits per heavy atom. The number of rotatable bonds is 3. The lowest BCUT2D eigenvalue weighted by Crippen LogP contribution is -2.31. The third-order valence-corrected chi connectivity index (χ3v) is 5.12. The largest absolute Gasteiger partial charge is 0.274 e. The Morgan fingerprint density at radius 1 is 1.08 bits per heavy atom. The normalized spacial score (nSPS) is 23.6. The number of imide groups is 1. The summed E-state index contributed by atoms with van der Waals surface area (Å²) in [7, 11) is 0. The highest BCUT2D eigenvalue weighted by atomic mass is 16.2. The second-order valence-corrected chi connectivity index (χ2v) is 6.87. The van der Waals surface area contributed by atoms with Crippen LogP contribution in [0.4, 0.5) is 5.82 Å². The molecule has 1 aliphatic heterocycles. The standard InChI is InChI=1S/C19H21N3O2/c1-13-5-4-6-14(11-13)12-21-10-9-17(20-21)22-18(23)15-7-2-3-8-16(15)19(22)24/h4-6,9-11,15-16H,2-3,7-8,12H2,1H3. The summed E-state index contributed by atoms with van der Waals surface area (Å²) in [5.41, 5.74) is 2.35. The van der Waals surface area contributed by atoms with Crippen LogP contribution in [0.1, 0.15) is 36.8 Å². The molecule has 2 aliphatic rings. The van der Waals surface area contributed by atoms with Crippen LogP contribution in [0, 0.1) is 18.8 Å². The Hall–Kier alpha value is -2.43. The van der Waals surface area contributed by atoms with E-state index in [1.165, 1.54) is 10.5 Å². The van der Waals surface area contributed by atoms with Crippen LogP contribution < -0.4 is 4.90 Å². The van der Waals surface area contributed by atoms with Gasteiger partial charge in [0.25, 0.3) is 0 Å². The molecule has 2 fully saturated rings. The van der Waals surface area contributed by atoms with Gasteiger partial charge in [-0.3, -0.25) is 14.3 Å². The van der Waals surface area contributed by atoms with E-state index < -0.39 is 0 Å². The van der Waals surface area contributed by atoms with Crippen molar-refractivity contribution in [1.82, 2.24) is 9.78 Å². The summed E-state index contributed by atoms with van der Waals surface area (Å²) >= 11 is 0. The van der Waals surface area contributed by atoms with Gasteiger partial charge in [0.2, 0.25) is 11.8 Å². The van der Waals surface area contributed by atoms with E-state index in [-0.39, 0.29) is 23.7 Å². The first-order chi connectivity index (χ1) is 11.6. The van der Waals surface area contributed by atoms with Crippen LogP contribution in [0.25, 0.3) is 0 Å². The number of nitrogens with zero attached hydrogens (tertiary/aromatic N) is 3. The van der Waals surface area contributed by atoms with Crippen LogP contribution in [0.5, 0.6) is 0 Å². The summed E-state index contributed by atoms with van der Waals surface area (Å²) in [6.45, 7) is 2.69. The summed E-state index contributed by atoms with van der Waals surface area (Å²) in [5, 5.41) is 4.48. The zero-order valence-corrected chi connectivity index (χ0v) is 13.8. The number of benzene rings is 1. The monoisotopic (exact) mass is 323 g/mol. The number of amides is 2. The fraction of sp³-hybridized carbons (Fsp3) is 0.421. The lowest BCUT2D eigenvalue weighted by atomic mass is 9.81. The highest BCUT2D eigenvalue weighted by molar-refractivity contribution is 6.21. The molecule has 2 aromatic rings. The molecule has 2 unspecified atom stereocenters. The van der Waals surface area contributed by atoms with Gasteiger partial charge in [-0.15, -0.1) is 0 Å². The molecule has 24 heavy (non-hydrogen) atoms. The van der Waals surface area contributed by atoms with Gasteiger partial charge in [0.05, 0.1) is 18.4 Å². The average Bonchev–Trinajstić information content (AvgIpc) is 3.11. The Bertz CT molecular complexity index is 771. The maximum atomic E-state index is 12.6. The van der Waals surface area contributed by atoms with Gasteiger partial charge >= 0.3 is 0 Å². The number of aryl methyl sites for hydroxylation is 1. The summed E-state index contributed by atoms with van der Waals surface area (Å²) < 4.78 is 1.78. The minimum absolute atomic E-state index is 0.0643. The van der Waals surface area contributed by atoms with Crippen molar-refractivity contribution < 1.29 is 9.59 Å². The number of hydrogen-bond acceptors (Lipinski definition) is 3. The molecule has 4 rings (SSSR count). The second kappa shape index (κ2) is 5.89. The van der Waals surface area contributed by atoms with Gasteiger partial charge in [-0.25, -0.2) is 4.90 Å². The number of aromatic nitrogens is 2. The van der Waals surface area contributed by atoms with E-state index in [0.717, 1.165) is 31.2 Å². The van der Waals surface area contributed by atoms with E-state index in [4.69, 9.17) is 0 Å². The van der Waals surface area contributed by atoms with Gasteiger partial charge in [-0.1, -0.05) is 42.7 Å². The molecule has 1 aromatic carbocycles. The molecular formula is C19H21N3O2. The van der Waals surface area contributed by atoms with Gasteiger partial charge in [-0.05, 0) is 25.3 Å². The van der Waals surface area contributed by atoms with Crippen LogP contribution in [0.15, 0.2) is 36.5 Å². The molecule has 0 N–H and O–H groups in total. The first-order valence-electron chi connectivity index (χ1n) is 8.60. The molecule has 1 aliphatic carbocycles. The number of carbonyl (C=O) groups is 2. The van der Waals surface area contributed by atoms with E-state index in [9.17, 15) is 9.59 Å². The van der Waals surface area contributed by atoms with Crippen LogP contribution in [-0.4, -0.2) is 21.6 Å². The molecule has 1 saturated heterocycles. The molecule has 5 heteroatoms. The molecule has 0 bridgehead atoms. The number of fused-ring (bicyclic) bond motifs is 1. The fourth-order valence-electron chi connectivity index (χ4n) is 3.94. The van der Waals surface area contributed by atoms with Crippen LogP contribution in [-0.2, 0) is 16.1 Å². The predicted molar refractivity (Wildman–Crippen MR) is 90.4 cm³/mol. The highest BCUT2D eigenvalue weighted by Crippen LogP contribution is 2.39. The third kappa shape index (κ3) is 2.54. The maximum absolute atomic E-state index is 12.6. The topological polar surface area (TPSA) is 55.2 Å². The van der Waals surface area contributed by atoms with E-state index >= 15 is 0 Å². The van der Waals surface area contributed by atoms with Crippen molar-refractivity contribution in [2.45, 2.75) is 39.2 Å². The summed E-state index contributed by atoms with van der Waals surface area (Å²) in [6.07, 6.45) is 5.57. The van der Waals surface area contributed by atoms with Crippen LogP contribution >= 0.6 is 0 Å². The molecule has 1 saturated carbocycles. The van der Waals surface area contributed by atoms with Crippen molar-refractivity contribution in [3.8, 4) is 0 Å². The van der Waals surface area contributed by atoms with Gasteiger partial charge in [0, 0.05) is 12.3 Å². The SMILES string of the molecule is Cc1cccc(Cn2ccc(N3C(=O)C4CCCCC4C3=O)n2)c1. The molecule has 2 heterocycles. The number of carbonyl (C=O) groups excluding carboxylic acids is 2. The fourth-order valence-corrected chi connectivity index (χ4v) is 3.94. The van der Waals surface area contributed by atoms with Crippen molar-refractivity contribution in [3.63, 3.8) is 0 Å². The number of hydrogen-bond donors (Lipinski definition) is 0. The average molecular weight is 323 g/mol. The first-order valence-corrected chi connectivity index (χ1v) is 8.60. The van der Waals surface area contributed by atoms with Gasteiger partial charge in [-0.2, -0.15) is 5.10 Å². The molecule has 0 radical (unpaired) electrons. The zero-order valence-electron chi connectivity index (χ0n) is 13.8. The van der Waals surface area contributed by atoms with Gasteiger partial charge in [0.15, 0.2) is 5.82 Å². The third-order valence-electron chi connectivity index (χ3n) is 5.12. The first kappa shape index (κ1) is 15.1.